The molecule has 1 aromatic carbocycles. The maximum Gasteiger partial charge on any atom is 0.387 e. The molecule has 0 fully saturated rings. The Balaban J connectivity index is 2.90. The maximum atomic E-state index is 12.1. The number of hydrogen-bond acceptors (Lipinski definition) is 4. The number of hydrogen-bond donors (Lipinski definition) is 1. The number of halogens is 2. The van der Waals surface area contributed by atoms with E-state index >= 15 is 0 Å². The molecule has 0 aromatic heterocycles. The van der Waals surface area contributed by atoms with E-state index in [1.54, 1.807) is 13.8 Å². The highest BCUT2D eigenvalue weighted by Gasteiger charge is 2.13. The first-order chi connectivity index (χ1) is 8.43. The van der Waals surface area contributed by atoms with Crippen LogP contribution >= 0.6 is 0 Å². The summed E-state index contributed by atoms with van der Waals surface area (Å²) in [5, 5.41) is 0. The quantitative estimate of drug-likeness (QED) is 0.651. The number of esters is 1. The molecule has 0 aliphatic heterocycles. The van der Waals surface area contributed by atoms with Gasteiger partial charge in [0.25, 0.3) is 0 Å². The fourth-order valence-electron chi connectivity index (χ4n) is 1.58. The lowest BCUT2D eigenvalue weighted by molar-refractivity contribution is -0.142. The van der Waals surface area contributed by atoms with Crippen molar-refractivity contribution >= 4 is 11.7 Å². The summed E-state index contributed by atoms with van der Waals surface area (Å²) in [5.74, 6) is -0.428. The molecule has 4 nitrogen and oxygen atoms in total. The summed E-state index contributed by atoms with van der Waals surface area (Å²) in [6.45, 7) is 0.751. The number of ether oxygens (including phenoxy) is 2. The second-order valence-corrected chi connectivity index (χ2v) is 3.67. The van der Waals surface area contributed by atoms with E-state index in [-0.39, 0.29) is 24.5 Å². The number of carbonyl (C=O) groups is 1. The summed E-state index contributed by atoms with van der Waals surface area (Å²) < 4.78 is 33.2. The van der Waals surface area contributed by atoms with Gasteiger partial charge in [-0.2, -0.15) is 8.78 Å². The van der Waals surface area contributed by atoms with Crippen molar-refractivity contribution in [2.24, 2.45) is 0 Å². The van der Waals surface area contributed by atoms with Crippen molar-refractivity contribution < 1.29 is 23.0 Å². The van der Waals surface area contributed by atoms with Gasteiger partial charge in [0.05, 0.1) is 13.0 Å². The number of rotatable bonds is 5. The summed E-state index contributed by atoms with van der Waals surface area (Å²) in [6.07, 6.45) is 0.0144. The number of nitrogens with two attached hydrogens (primary N) is 1. The molecule has 0 saturated carbocycles. The first-order valence-corrected chi connectivity index (χ1v) is 5.43. The average Bonchev–Trinajstić information content (AvgIpc) is 2.23. The number of carbonyl (C=O) groups excluding carboxylic acids is 1. The van der Waals surface area contributed by atoms with Gasteiger partial charge in [0.2, 0.25) is 0 Å². The first-order valence-electron chi connectivity index (χ1n) is 5.43. The van der Waals surface area contributed by atoms with E-state index in [0.717, 1.165) is 0 Å². The van der Waals surface area contributed by atoms with Gasteiger partial charge >= 0.3 is 12.6 Å². The van der Waals surface area contributed by atoms with Gasteiger partial charge in [0, 0.05) is 11.8 Å². The molecule has 0 bridgehead atoms. The molecule has 0 heterocycles. The van der Waals surface area contributed by atoms with Crippen molar-refractivity contribution in [2.45, 2.75) is 26.9 Å². The standard InChI is InChI=1S/C12H15F2NO3/c1-3-17-11(16)6-9-7(2)4-8(5-10(9)15)18-12(13)14/h4-5,12H,3,6,15H2,1-2H3. The molecule has 1 aromatic rings. The zero-order valence-corrected chi connectivity index (χ0v) is 10.2. The molecular weight excluding hydrogens is 244 g/mol. The summed E-state index contributed by atoms with van der Waals surface area (Å²) in [6, 6.07) is 2.69. The predicted octanol–water partition coefficient (Wildman–Crippen LogP) is 2.28. The smallest absolute Gasteiger partial charge is 0.387 e. The highest BCUT2D eigenvalue weighted by Crippen LogP contribution is 2.26. The molecule has 1 rings (SSSR count). The second-order valence-electron chi connectivity index (χ2n) is 3.67. The lowest BCUT2D eigenvalue weighted by Gasteiger charge is -2.12. The number of anilines is 1. The summed E-state index contributed by atoms with van der Waals surface area (Å²) in [7, 11) is 0. The fraction of sp³-hybridized carbons (Fsp3) is 0.417. The van der Waals surface area contributed by atoms with E-state index in [2.05, 4.69) is 4.74 Å². The van der Waals surface area contributed by atoms with Crippen LogP contribution in [0.4, 0.5) is 14.5 Å². The third kappa shape index (κ3) is 3.87. The molecule has 0 spiro atoms. The number of benzene rings is 1. The molecule has 6 heteroatoms. The first kappa shape index (κ1) is 14.2. The molecule has 0 aliphatic carbocycles. The van der Waals surface area contributed by atoms with Gasteiger partial charge in [0.15, 0.2) is 0 Å². The minimum Gasteiger partial charge on any atom is -0.466 e. The molecule has 18 heavy (non-hydrogen) atoms. The maximum absolute atomic E-state index is 12.1. The number of nitrogen functional groups attached to an aromatic ring is 1. The lowest BCUT2D eigenvalue weighted by atomic mass is 10.0. The molecular formula is C12H15F2NO3. The monoisotopic (exact) mass is 259 g/mol. The van der Waals surface area contributed by atoms with Crippen LogP contribution in [0, 0.1) is 6.92 Å². The lowest BCUT2D eigenvalue weighted by Crippen LogP contribution is -2.11. The van der Waals surface area contributed by atoms with Crippen molar-refractivity contribution in [1.29, 1.82) is 0 Å². The summed E-state index contributed by atoms with van der Waals surface area (Å²) in [5.41, 5.74) is 7.12. The molecule has 0 amide bonds. The fourth-order valence-corrected chi connectivity index (χ4v) is 1.58. The van der Waals surface area contributed by atoms with Gasteiger partial charge < -0.3 is 15.2 Å². The molecule has 0 atom stereocenters. The van der Waals surface area contributed by atoms with E-state index in [0.29, 0.717) is 11.1 Å². The van der Waals surface area contributed by atoms with Gasteiger partial charge in [-0.25, -0.2) is 0 Å². The Kier molecular flexibility index (Phi) is 4.88. The Labute approximate surface area is 104 Å². The molecule has 0 radical (unpaired) electrons. The van der Waals surface area contributed by atoms with Crippen LogP contribution in [0.2, 0.25) is 0 Å². The molecule has 0 aliphatic rings. The average molecular weight is 259 g/mol. The van der Waals surface area contributed by atoms with E-state index in [9.17, 15) is 13.6 Å². The Hall–Kier alpha value is -1.85. The van der Waals surface area contributed by atoms with Crippen LogP contribution < -0.4 is 10.5 Å². The van der Waals surface area contributed by atoms with Crippen molar-refractivity contribution in [3.63, 3.8) is 0 Å². The SMILES string of the molecule is CCOC(=O)Cc1c(C)cc(OC(F)F)cc1N. The zero-order valence-electron chi connectivity index (χ0n) is 10.2. The minimum atomic E-state index is -2.90. The summed E-state index contributed by atoms with van der Waals surface area (Å²) in [4.78, 5) is 11.4. The van der Waals surface area contributed by atoms with Crippen LogP contribution in [-0.2, 0) is 16.0 Å². The van der Waals surface area contributed by atoms with Crippen LogP contribution in [0.1, 0.15) is 18.1 Å². The Morgan fingerprint density at radius 3 is 2.61 bits per heavy atom. The van der Waals surface area contributed by atoms with Gasteiger partial charge in [-0.05, 0) is 31.0 Å². The highest BCUT2D eigenvalue weighted by molar-refractivity contribution is 5.76. The zero-order chi connectivity index (χ0) is 13.7. The van der Waals surface area contributed by atoms with Gasteiger partial charge in [-0.3, -0.25) is 4.79 Å². The van der Waals surface area contributed by atoms with Crippen molar-refractivity contribution in [3.05, 3.63) is 23.3 Å². The number of alkyl halides is 2. The second kappa shape index (κ2) is 6.18. The van der Waals surface area contributed by atoms with Crippen LogP contribution in [-0.4, -0.2) is 19.2 Å². The van der Waals surface area contributed by atoms with Gasteiger partial charge in [-0.15, -0.1) is 0 Å². The van der Waals surface area contributed by atoms with E-state index in [1.807, 2.05) is 0 Å². The Morgan fingerprint density at radius 2 is 2.11 bits per heavy atom. The van der Waals surface area contributed by atoms with E-state index in [4.69, 9.17) is 10.5 Å². The van der Waals surface area contributed by atoms with Crippen LogP contribution in [0.5, 0.6) is 5.75 Å². The van der Waals surface area contributed by atoms with Crippen molar-refractivity contribution in [2.75, 3.05) is 12.3 Å². The van der Waals surface area contributed by atoms with E-state index < -0.39 is 12.6 Å². The Morgan fingerprint density at radius 1 is 1.44 bits per heavy atom. The number of aryl methyl sites for hydroxylation is 1. The van der Waals surface area contributed by atoms with Crippen LogP contribution in [0.25, 0.3) is 0 Å². The predicted molar refractivity (Wildman–Crippen MR) is 62.6 cm³/mol. The van der Waals surface area contributed by atoms with E-state index in [1.165, 1.54) is 12.1 Å². The largest absolute Gasteiger partial charge is 0.466 e. The third-order valence-corrected chi connectivity index (χ3v) is 2.33. The van der Waals surface area contributed by atoms with Crippen molar-refractivity contribution in [3.8, 4) is 5.75 Å². The van der Waals surface area contributed by atoms with Crippen molar-refractivity contribution in [1.82, 2.24) is 0 Å². The Bertz CT molecular complexity index is 412. The van der Waals surface area contributed by atoms with Gasteiger partial charge in [0.1, 0.15) is 5.75 Å². The normalized spacial score (nSPS) is 10.5. The highest BCUT2D eigenvalue weighted by atomic mass is 19.3. The molecule has 0 unspecified atom stereocenters. The van der Waals surface area contributed by atoms with Crippen LogP contribution in [0.3, 0.4) is 0 Å². The van der Waals surface area contributed by atoms with Gasteiger partial charge in [-0.1, -0.05) is 0 Å². The third-order valence-electron chi connectivity index (χ3n) is 2.33. The minimum absolute atomic E-state index is 0.0144. The topological polar surface area (TPSA) is 61.5 Å². The molecule has 100 valence electrons. The molecule has 0 saturated heterocycles. The summed E-state index contributed by atoms with van der Waals surface area (Å²) >= 11 is 0. The molecule has 2 N–H and O–H groups in total. The van der Waals surface area contributed by atoms with Crippen LogP contribution in [0.15, 0.2) is 12.1 Å².